The Bertz CT molecular complexity index is 656. The lowest BCUT2D eigenvalue weighted by atomic mass is 10.1. The van der Waals surface area contributed by atoms with Gasteiger partial charge >= 0.3 is 5.97 Å². The van der Waals surface area contributed by atoms with Gasteiger partial charge in [0.05, 0.1) is 18.4 Å². The first kappa shape index (κ1) is 17.1. The van der Waals surface area contributed by atoms with Crippen molar-refractivity contribution in [3.05, 3.63) is 54.4 Å². The van der Waals surface area contributed by atoms with Crippen LogP contribution in [0.1, 0.15) is 16.8 Å². The molecule has 1 amide bonds. The van der Waals surface area contributed by atoms with Gasteiger partial charge in [0.1, 0.15) is 6.04 Å². The summed E-state index contributed by atoms with van der Waals surface area (Å²) in [5.74, 6) is 0.0518. The summed E-state index contributed by atoms with van der Waals surface area (Å²) in [6.45, 7) is 0. The Hall–Kier alpha value is -2.21. The molecule has 0 unspecified atom stereocenters. The molecule has 0 bridgehead atoms. The molecular weight excluding hydrogens is 312 g/mol. The second-order valence-corrected chi connectivity index (χ2v) is 5.92. The Morgan fingerprint density at radius 3 is 2.57 bits per heavy atom. The van der Waals surface area contributed by atoms with Gasteiger partial charge in [0.2, 0.25) is 0 Å². The number of carbonyl (C=O) groups is 2. The molecule has 0 aliphatic heterocycles. The van der Waals surface area contributed by atoms with Crippen LogP contribution in [0.3, 0.4) is 0 Å². The number of benzene rings is 1. The molecule has 1 atom stereocenters. The summed E-state index contributed by atoms with van der Waals surface area (Å²) in [5, 5.41) is 2.78. The first-order valence-electron chi connectivity index (χ1n) is 7.27. The van der Waals surface area contributed by atoms with Gasteiger partial charge in [-0.1, -0.05) is 12.1 Å². The number of nitrogens with zero attached hydrogens (tertiary/aromatic N) is 1. The van der Waals surface area contributed by atoms with E-state index in [1.165, 1.54) is 7.11 Å². The number of carbonyl (C=O) groups excluding carboxylic acids is 2. The van der Waals surface area contributed by atoms with E-state index in [0.29, 0.717) is 12.0 Å². The average Bonchev–Trinajstić information content (AvgIpc) is 3.12. The second-order valence-electron chi connectivity index (χ2n) is 4.94. The molecule has 0 aliphatic rings. The third-order valence-electron chi connectivity index (χ3n) is 3.43. The van der Waals surface area contributed by atoms with Crippen molar-refractivity contribution in [2.24, 2.45) is 0 Å². The number of amides is 1. The van der Waals surface area contributed by atoms with E-state index < -0.39 is 12.0 Å². The van der Waals surface area contributed by atoms with E-state index in [0.717, 1.165) is 11.4 Å². The minimum absolute atomic E-state index is 0.286. The van der Waals surface area contributed by atoms with Crippen LogP contribution in [-0.4, -0.2) is 41.6 Å². The molecule has 122 valence electrons. The van der Waals surface area contributed by atoms with Gasteiger partial charge in [-0.3, -0.25) is 4.79 Å². The second kappa shape index (κ2) is 8.43. The highest BCUT2D eigenvalue weighted by atomic mass is 32.2. The topological polar surface area (TPSA) is 60.3 Å². The number of ether oxygens (including phenoxy) is 1. The van der Waals surface area contributed by atoms with Crippen LogP contribution in [0.2, 0.25) is 0 Å². The molecule has 1 aromatic heterocycles. The number of para-hydroxylation sites is 1. The highest BCUT2D eigenvalue weighted by Crippen LogP contribution is 2.15. The third kappa shape index (κ3) is 4.39. The zero-order valence-corrected chi connectivity index (χ0v) is 14.0. The molecule has 2 aromatic rings. The number of esters is 1. The molecule has 1 heterocycles. The summed E-state index contributed by atoms with van der Waals surface area (Å²) in [5.41, 5.74) is 1.28. The van der Waals surface area contributed by atoms with Gasteiger partial charge < -0.3 is 14.6 Å². The summed E-state index contributed by atoms with van der Waals surface area (Å²) < 4.78 is 6.65. The van der Waals surface area contributed by atoms with Crippen LogP contribution >= 0.6 is 11.8 Å². The van der Waals surface area contributed by atoms with E-state index in [4.69, 9.17) is 4.74 Å². The summed E-state index contributed by atoms with van der Waals surface area (Å²) in [7, 11) is 1.33. The maximum Gasteiger partial charge on any atom is 0.328 e. The Morgan fingerprint density at radius 2 is 1.91 bits per heavy atom. The number of methoxy groups -OCH3 is 1. The van der Waals surface area contributed by atoms with Gasteiger partial charge in [-0.05, 0) is 42.7 Å². The predicted octanol–water partition coefficient (Wildman–Crippen LogP) is 2.50. The monoisotopic (exact) mass is 332 g/mol. The lowest BCUT2D eigenvalue weighted by Gasteiger charge is -2.17. The molecule has 0 saturated carbocycles. The van der Waals surface area contributed by atoms with Crippen molar-refractivity contribution in [1.29, 1.82) is 0 Å². The molecule has 0 aliphatic carbocycles. The first-order valence-corrected chi connectivity index (χ1v) is 8.66. The molecule has 0 saturated heterocycles. The molecule has 0 spiro atoms. The lowest BCUT2D eigenvalue weighted by Crippen LogP contribution is -2.42. The van der Waals surface area contributed by atoms with Crippen molar-refractivity contribution < 1.29 is 14.3 Å². The predicted molar refractivity (Wildman–Crippen MR) is 92.0 cm³/mol. The number of rotatable bonds is 7. The van der Waals surface area contributed by atoms with E-state index >= 15 is 0 Å². The third-order valence-corrected chi connectivity index (χ3v) is 4.08. The van der Waals surface area contributed by atoms with Gasteiger partial charge in [-0.15, -0.1) is 0 Å². The van der Waals surface area contributed by atoms with Gasteiger partial charge in [-0.25, -0.2) is 4.79 Å². The van der Waals surface area contributed by atoms with E-state index in [2.05, 4.69) is 5.32 Å². The maximum atomic E-state index is 12.6. The van der Waals surface area contributed by atoms with Crippen LogP contribution in [-0.2, 0) is 9.53 Å². The molecule has 23 heavy (non-hydrogen) atoms. The molecule has 1 aromatic carbocycles. The largest absolute Gasteiger partial charge is 0.467 e. The number of thioether (sulfide) groups is 1. The average molecular weight is 332 g/mol. The standard InChI is InChI=1S/C17H20N2O3S/c1-22-17(21)14(9-12-23-2)18-16(20)13-7-3-4-8-15(13)19-10-5-6-11-19/h3-8,10-11,14H,9,12H2,1-2H3,(H,18,20)/t14-/m0/s1. The Kier molecular flexibility index (Phi) is 6.29. The normalized spacial score (nSPS) is 11.7. The SMILES string of the molecule is COC(=O)[C@H](CCSC)NC(=O)c1ccccc1-n1cccc1. The molecule has 0 fully saturated rings. The van der Waals surface area contributed by atoms with Gasteiger partial charge in [0.25, 0.3) is 5.91 Å². The zero-order valence-electron chi connectivity index (χ0n) is 13.2. The quantitative estimate of drug-likeness (QED) is 0.792. The van der Waals surface area contributed by atoms with Gasteiger partial charge in [0.15, 0.2) is 0 Å². The fourth-order valence-electron chi connectivity index (χ4n) is 2.25. The van der Waals surface area contributed by atoms with Crippen molar-refractivity contribution in [3.8, 4) is 5.69 Å². The van der Waals surface area contributed by atoms with Gasteiger partial charge in [0, 0.05) is 12.4 Å². The summed E-state index contributed by atoms with van der Waals surface area (Å²) in [4.78, 5) is 24.5. The van der Waals surface area contributed by atoms with Crippen LogP contribution in [0.5, 0.6) is 0 Å². The Morgan fingerprint density at radius 1 is 1.22 bits per heavy atom. The summed E-state index contributed by atoms with van der Waals surface area (Å²) in [6, 6.07) is 10.4. The van der Waals surface area contributed by atoms with Crippen LogP contribution in [0, 0.1) is 0 Å². The first-order chi connectivity index (χ1) is 11.2. The van der Waals surface area contributed by atoms with Crippen LogP contribution < -0.4 is 5.32 Å². The minimum atomic E-state index is -0.641. The van der Waals surface area contributed by atoms with E-state index in [-0.39, 0.29) is 5.91 Å². The van der Waals surface area contributed by atoms with Crippen LogP contribution in [0.25, 0.3) is 5.69 Å². The Labute approximate surface area is 140 Å². The molecule has 0 radical (unpaired) electrons. The lowest BCUT2D eigenvalue weighted by molar-refractivity contribution is -0.142. The van der Waals surface area contributed by atoms with Gasteiger partial charge in [-0.2, -0.15) is 11.8 Å². The molecule has 6 heteroatoms. The smallest absolute Gasteiger partial charge is 0.328 e. The van der Waals surface area contributed by atoms with E-state index in [1.807, 2.05) is 47.5 Å². The van der Waals surface area contributed by atoms with Crippen LogP contribution in [0.15, 0.2) is 48.8 Å². The molecule has 5 nitrogen and oxygen atoms in total. The van der Waals surface area contributed by atoms with E-state index in [9.17, 15) is 9.59 Å². The van der Waals surface area contributed by atoms with Crippen LogP contribution in [0.4, 0.5) is 0 Å². The maximum absolute atomic E-state index is 12.6. The molecular formula is C17H20N2O3S. The fraction of sp³-hybridized carbons (Fsp3) is 0.294. The number of hydrogen-bond donors (Lipinski definition) is 1. The number of aromatic nitrogens is 1. The zero-order chi connectivity index (χ0) is 16.7. The number of hydrogen-bond acceptors (Lipinski definition) is 4. The van der Waals surface area contributed by atoms with Crippen molar-refractivity contribution >= 4 is 23.6 Å². The molecule has 2 rings (SSSR count). The van der Waals surface area contributed by atoms with Crippen molar-refractivity contribution in [2.75, 3.05) is 19.1 Å². The number of nitrogens with one attached hydrogen (secondary N) is 1. The molecule has 1 N–H and O–H groups in total. The summed E-state index contributed by atoms with van der Waals surface area (Å²) >= 11 is 1.62. The summed E-state index contributed by atoms with van der Waals surface area (Å²) in [6.07, 6.45) is 6.23. The Balaban J connectivity index is 2.21. The van der Waals surface area contributed by atoms with Crippen molar-refractivity contribution in [3.63, 3.8) is 0 Å². The minimum Gasteiger partial charge on any atom is -0.467 e. The highest BCUT2D eigenvalue weighted by Gasteiger charge is 2.23. The highest BCUT2D eigenvalue weighted by molar-refractivity contribution is 7.98. The van der Waals surface area contributed by atoms with Crippen molar-refractivity contribution in [2.45, 2.75) is 12.5 Å². The fourth-order valence-corrected chi connectivity index (χ4v) is 2.72. The van der Waals surface area contributed by atoms with E-state index in [1.54, 1.807) is 23.9 Å². The van der Waals surface area contributed by atoms with Crippen molar-refractivity contribution in [1.82, 2.24) is 9.88 Å².